The zero-order valence-electron chi connectivity index (χ0n) is 9.53. The summed E-state index contributed by atoms with van der Waals surface area (Å²) in [6.07, 6.45) is 9.67. The summed E-state index contributed by atoms with van der Waals surface area (Å²) in [4.78, 5) is 15.7. The fraction of sp³-hybridized carbons (Fsp3) is 0.385. The Morgan fingerprint density at radius 2 is 2.35 bits per heavy atom. The fourth-order valence-corrected chi connectivity index (χ4v) is 2.08. The van der Waals surface area contributed by atoms with E-state index in [1.54, 1.807) is 18.3 Å². The van der Waals surface area contributed by atoms with Crippen molar-refractivity contribution in [3.05, 3.63) is 35.6 Å². The van der Waals surface area contributed by atoms with E-state index in [9.17, 15) is 4.79 Å². The van der Waals surface area contributed by atoms with E-state index in [0.29, 0.717) is 23.2 Å². The molecule has 0 bridgehead atoms. The molecule has 4 heteroatoms. The van der Waals surface area contributed by atoms with Crippen LogP contribution in [0.25, 0.3) is 0 Å². The number of halogens is 1. The first-order valence-corrected chi connectivity index (χ1v) is 6.18. The Hall–Kier alpha value is -1.35. The van der Waals surface area contributed by atoms with E-state index in [0.717, 1.165) is 19.3 Å². The van der Waals surface area contributed by atoms with Crippen molar-refractivity contribution in [1.82, 2.24) is 4.98 Å². The number of hydrogen-bond donors (Lipinski definition) is 1. The molecule has 0 aliphatic heterocycles. The smallest absolute Gasteiger partial charge is 0.224 e. The van der Waals surface area contributed by atoms with Crippen molar-refractivity contribution < 1.29 is 4.79 Å². The van der Waals surface area contributed by atoms with Gasteiger partial charge in [-0.25, -0.2) is 4.98 Å². The normalized spacial score (nSPS) is 19.0. The number of nitrogens with zero attached hydrogens (tertiary/aromatic N) is 1. The lowest BCUT2D eigenvalue weighted by Crippen LogP contribution is -2.17. The van der Waals surface area contributed by atoms with Crippen LogP contribution in [-0.2, 0) is 4.79 Å². The fourth-order valence-electron chi connectivity index (χ4n) is 1.97. The Morgan fingerprint density at radius 1 is 1.47 bits per heavy atom. The molecule has 90 valence electrons. The van der Waals surface area contributed by atoms with Crippen LogP contribution in [0.1, 0.15) is 25.7 Å². The van der Waals surface area contributed by atoms with Gasteiger partial charge in [0.25, 0.3) is 0 Å². The van der Waals surface area contributed by atoms with Gasteiger partial charge in [-0.2, -0.15) is 0 Å². The van der Waals surface area contributed by atoms with E-state index in [-0.39, 0.29) is 5.91 Å². The van der Waals surface area contributed by atoms with E-state index < -0.39 is 0 Å². The van der Waals surface area contributed by atoms with Gasteiger partial charge in [-0.3, -0.25) is 4.79 Å². The van der Waals surface area contributed by atoms with Gasteiger partial charge in [0, 0.05) is 6.42 Å². The number of nitrogens with one attached hydrogen (secondary N) is 1. The monoisotopic (exact) mass is 250 g/mol. The summed E-state index contributed by atoms with van der Waals surface area (Å²) in [6.45, 7) is 0. The lowest BCUT2D eigenvalue weighted by molar-refractivity contribution is -0.117. The molecule has 1 N–H and O–H groups in total. The molecule has 1 aliphatic rings. The lowest BCUT2D eigenvalue weighted by Gasteiger charge is -2.16. The third-order valence-corrected chi connectivity index (χ3v) is 3.09. The molecule has 0 spiro atoms. The summed E-state index contributed by atoms with van der Waals surface area (Å²) in [5, 5.41) is 3.26. The molecule has 1 heterocycles. The number of rotatable bonds is 3. The number of carbonyl (C=O) groups is 1. The molecule has 2 rings (SSSR count). The third-order valence-electron chi connectivity index (χ3n) is 2.86. The highest BCUT2D eigenvalue weighted by Crippen LogP contribution is 2.22. The number of anilines is 1. The number of amides is 1. The van der Waals surface area contributed by atoms with Gasteiger partial charge in [0.1, 0.15) is 5.15 Å². The van der Waals surface area contributed by atoms with E-state index in [4.69, 9.17) is 11.6 Å². The average molecular weight is 251 g/mol. The maximum Gasteiger partial charge on any atom is 0.224 e. The maximum atomic E-state index is 11.8. The van der Waals surface area contributed by atoms with Crippen molar-refractivity contribution in [2.75, 3.05) is 5.32 Å². The van der Waals surface area contributed by atoms with Crippen molar-refractivity contribution in [3.8, 4) is 0 Å². The van der Waals surface area contributed by atoms with Gasteiger partial charge in [-0.05, 0) is 37.3 Å². The Labute approximate surface area is 106 Å². The second-order valence-electron chi connectivity index (χ2n) is 4.27. The van der Waals surface area contributed by atoms with Crippen LogP contribution in [0.5, 0.6) is 0 Å². The van der Waals surface area contributed by atoms with Crippen LogP contribution in [0, 0.1) is 5.92 Å². The maximum absolute atomic E-state index is 11.8. The van der Waals surface area contributed by atoms with Gasteiger partial charge >= 0.3 is 0 Å². The topological polar surface area (TPSA) is 42.0 Å². The molecule has 1 aliphatic carbocycles. The molecule has 0 saturated carbocycles. The molecule has 1 aromatic rings. The quantitative estimate of drug-likeness (QED) is 0.660. The van der Waals surface area contributed by atoms with E-state index in [1.807, 2.05) is 0 Å². The summed E-state index contributed by atoms with van der Waals surface area (Å²) in [5.41, 5.74) is 0.700. The summed E-state index contributed by atoms with van der Waals surface area (Å²) < 4.78 is 0. The minimum Gasteiger partial charge on any atom is -0.325 e. The van der Waals surface area contributed by atoms with Gasteiger partial charge in [0.15, 0.2) is 0 Å². The molecule has 0 saturated heterocycles. The largest absolute Gasteiger partial charge is 0.325 e. The molecule has 0 aromatic carbocycles. The average Bonchev–Trinajstić information content (AvgIpc) is 2.33. The van der Waals surface area contributed by atoms with Crippen LogP contribution < -0.4 is 5.32 Å². The molecule has 0 fully saturated rings. The lowest BCUT2D eigenvalue weighted by atomic mass is 9.91. The number of pyridine rings is 1. The predicted molar refractivity (Wildman–Crippen MR) is 69.0 cm³/mol. The molecule has 1 aromatic heterocycles. The molecular weight excluding hydrogens is 236 g/mol. The highest BCUT2D eigenvalue weighted by Gasteiger charge is 2.14. The first-order chi connectivity index (χ1) is 8.24. The highest BCUT2D eigenvalue weighted by atomic mass is 35.5. The molecule has 0 radical (unpaired) electrons. The van der Waals surface area contributed by atoms with Crippen LogP contribution in [0.15, 0.2) is 30.5 Å². The van der Waals surface area contributed by atoms with E-state index >= 15 is 0 Å². The first kappa shape index (κ1) is 12.1. The van der Waals surface area contributed by atoms with Crippen molar-refractivity contribution >= 4 is 23.2 Å². The van der Waals surface area contributed by atoms with E-state index in [2.05, 4.69) is 22.5 Å². The number of hydrogen-bond acceptors (Lipinski definition) is 2. The van der Waals surface area contributed by atoms with Gasteiger partial charge in [-0.15, -0.1) is 0 Å². The molecular formula is C13H15ClN2O. The zero-order chi connectivity index (χ0) is 12.1. The Morgan fingerprint density at radius 3 is 3.00 bits per heavy atom. The van der Waals surface area contributed by atoms with E-state index in [1.165, 1.54) is 0 Å². The summed E-state index contributed by atoms with van der Waals surface area (Å²) in [5.74, 6) is 0.523. The molecule has 1 amide bonds. The van der Waals surface area contributed by atoms with Crippen LogP contribution in [-0.4, -0.2) is 10.9 Å². The van der Waals surface area contributed by atoms with Crippen LogP contribution in [0.4, 0.5) is 5.69 Å². The second kappa shape index (κ2) is 5.82. The van der Waals surface area contributed by atoms with Crippen LogP contribution in [0.3, 0.4) is 0 Å². The minimum atomic E-state index is 0.0504. The van der Waals surface area contributed by atoms with Crippen LogP contribution in [0.2, 0.25) is 5.15 Å². The third kappa shape index (κ3) is 3.86. The standard InChI is InChI=1S/C13H15ClN2O/c14-12-7-6-11(9-15-12)16-13(17)8-10-4-2-1-3-5-10/h1-2,6-7,9-10H,3-5,8H2,(H,16,17). The first-order valence-electron chi connectivity index (χ1n) is 5.80. The number of carbonyl (C=O) groups excluding carboxylic acids is 1. The summed E-state index contributed by atoms with van der Waals surface area (Å²) >= 11 is 5.67. The molecule has 3 nitrogen and oxygen atoms in total. The second-order valence-corrected chi connectivity index (χ2v) is 4.66. The van der Waals surface area contributed by atoms with Crippen molar-refractivity contribution in [2.24, 2.45) is 5.92 Å². The van der Waals surface area contributed by atoms with Gasteiger partial charge in [0.2, 0.25) is 5.91 Å². The summed E-state index contributed by atoms with van der Waals surface area (Å²) in [6, 6.07) is 3.43. The Balaban J connectivity index is 1.84. The molecule has 1 unspecified atom stereocenters. The Kier molecular flexibility index (Phi) is 4.15. The van der Waals surface area contributed by atoms with Gasteiger partial charge in [0.05, 0.1) is 11.9 Å². The highest BCUT2D eigenvalue weighted by molar-refractivity contribution is 6.29. The van der Waals surface area contributed by atoms with Crippen LogP contribution >= 0.6 is 11.6 Å². The van der Waals surface area contributed by atoms with Crippen molar-refractivity contribution in [1.29, 1.82) is 0 Å². The van der Waals surface area contributed by atoms with Gasteiger partial charge in [-0.1, -0.05) is 23.8 Å². The van der Waals surface area contributed by atoms with Crippen molar-refractivity contribution in [2.45, 2.75) is 25.7 Å². The predicted octanol–water partition coefficient (Wildman–Crippen LogP) is 3.42. The Bertz CT molecular complexity index is 414. The molecule has 1 atom stereocenters. The van der Waals surface area contributed by atoms with Crippen molar-refractivity contribution in [3.63, 3.8) is 0 Å². The molecule has 17 heavy (non-hydrogen) atoms. The van der Waals surface area contributed by atoms with Gasteiger partial charge < -0.3 is 5.32 Å². The number of aromatic nitrogens is 1. The minimum absolute atomic E-state index is 0.0504. The SMILES string of the molecule is O=C(CC1CC=CCC1)Nc1ccc(Cl)nc1. The summed E-state index contributed by atoms with van der Waals surface area (Å²) in [7, 11) is 0. The zero-order valence-corrected chi connectivity index (χ0v) is 10.3. The number of allylic oxidation sites excluding steroid dienone is 2.